The molecular weight excluding hydrogens is 276 g/mol. The van der Waals surface area contributed by atoms with E-state index in [1.165, 1.54) is 5.56 Å². The van der Waals surface area contributed by atoms with Crippen LogP contribution in [-0.2, 0) is 24.3 Å². The summed E-state index contributed by atoms with van der Waals surface area (Å²) in [5.74, 6) is 0.683. The number of hydrogen-bond acceptors (Lipinski definition) is 3. The molecule has 0 fully saturated rings. The van der Waals surface area contributed by atoms with E-state index >= 15 is 0 Å². The Labute approximate surface area is 131 Å². The Morgan fingerprint density at radius 1 is 1.32 bits per heavy atom. The van der Waals surface area contributed by atoms with E-state index in [1.54, 1.807) is 12.4 Å². The first-order chi connectivity index (χ1) is 10.7. The van der Waals surface area contributed by atoms with Crippen molar-refractivity contribution in [2.75, 3.05) is 0 Å². The lowest BCUT2D eigenvalue weighted by Crippen LogP contribution is -2.23. The standard InChI is InChI=1S/C17H22N4O/c1-3-21-13-19-20-16(21)12-18-17(22)11-14(2)9-10-15-7-5-4-6-8-15/h4-8,11,13H,3,9-10,12H2,1-2H3,(H,18,22)/b14-11+. The van der Waals surface area contributed by atoms with Crippen molar-refractivity contribution in [1.29, 1.82) is 0 Å². The van der Waals surface area contributed by atoms with E-state index in [9.17, 15) is 4.79 Å². The summed E-state index contributed by atoms with van der Waals surface area (Å²) in [7, 11) is 0. The van der Waals surface area contributed by atoms with Gasteiger partial charge in [0.1, 0.15) is 6.33 Å². The van der Waals surface area contributed by atoms with Gasteiger partial charge in [-0.1, -0.05) is 35.9 Å². The Morgan fingerprint density at radius 3 is 2.82 bits per heavy atom. The van der Waals surface area contributed by atoms with Crippen LogP contribution in [0.15, 0.2) is 48.3 Å². The molecule has 0 aliphatic carbocycles. The SMILES string of the molecule is CCn1cnnc1CNC(=O)/C=C(\C)CCc1ccccc1. The molecule has 0 radical (unpaired) electrons. The van der Waals surface area contributed by atoms with Gasteiger partial charge < -0.3 is 9.88 Å². The van der Waals surface area contributed by atoms with E-state index in [-0.39, 0.29) is 5.91 Å². The van der Waals surface area contributed by atoms with Gasteiger partial charge in [0.25, 0.3) is 0 Å². The van der Waals surface area contributed by atoms with Gasteiger partial charge >= 0.3 is 0 Å². The van der Waals surface area contributed by atoms with E-state index in [0.29, 0.717) is 6.54 Å². The molecule has 0 aliphatic heterocycles. The lowest BCUT2D eigenvalue weighted by atomic mass is 10.1. The van der Waals surface area contributed by atoms with Gasteiger partial charge in [0.15, 0.2) is 5.82 Å². The molecule has 2 aromatic rings. The third-order valence-corrected chi connectivity index (χ3v) is 3.49. The second kappa shape index (κ2) is 8.12. The molecule has 0 bridgehead atoms. The quantitative estimate of drug-likeness (QED) is 0.799. The Morgan fingerprint density at radius 2 is 2.09 bits per heavy atom. The van der Waals surface area contributed by atoms with Crippen LogP contribution in [0.5, 0.6) is 0 Å². The number of amides is 1. The molecule has 0 saturated heterocycles. The van der Waals surface area contributed by atoms with Crippen LogP contribution in [0.4, 0.5) is 0 Å². The lowest BCUT2D eigenvalue weighted by molar-refractivity contribution is -0.116. The lowest BCUT2D eigenvalue weighted by Gasteiger charge is -2.05. The minimum atomic E-state index is -0.0868. The zero-order valence-corrected chi connectivity index (χ0v) is 13.1. The predicted octanol–water partition coefficient (Wildman–Crippen LogP) is 2.49. The van der Waals surface area contributed by atoms with Crippen molar-refractivity contribution in [2.24, 2.45) is 0 Å². The zero-order chi connectivity index (χ0) is 15.8. The summed E-state index contributed by atoms with van der Waals surface area (Å²) in [5, 5.41) is 10.7. The molecule has 22 heavy (non-hydrogen) atoms. The van der Waals surface area contributed by atoms with Crippen LogP contribution < -0.4 is 5.32 Å². The third kappa shape index (κ3) is 4.84. The van der Waals surface area contributed by atoms with Gasteiger partial charge in [0.2, 0.25) is 5.91 Å². The topological polar surface area (TPSA) is 59.8 Å². The number of allylic oxidation sites excluding steroid dienone is 1. The number of rotatable bonds is 7. The predicted molar refractivity (Wildman–Crippen MR) is 86.1 cm³/mol. The van der Waals surface area contributed by atoms with Gasteiger partial charge in [0.05, 0.1) is 6.54 Å². The van der Waals surface area contributed by atoms with Crippen LogP contribution in [0, 0.1) is 0 Å². The van der Waals surface area contributed by atoms with E-state index in [4.69, 9.17) is 0 Å². The first kappa shape index (κ1) is 15.9. The highest BCUT2D eigenvalue weighted by atomic mass is 16.1. The van der Waals surface area contributed by atoms with E-state index in [1.807, 2.05) is 36.6 Å². The van der Waals surface area contributed by atoms with Crippen LogP contribution >= 0.6 is 0 Å². The molecule has 1 aromatic carbocycles. The molecule has 0 atom stereocenters. The van der Waals surface area contributed by atoms with Crippen molar-refractivity contribution in [3.8, 4) is 0 Å². The highest BCUT2D eigenvalue weighted by Crippen LogP contribution is 2.08. The Kier molecular flexibility index (Phi) is 5.89. The zero-order valence-electron chi connectivity index (χ0n) is 13.1. The van der Waals surface area contributed by atoms with Gasteiger partial charge in [-0.25, -0.2) is 0 Å². The van der Waals surface area contributed by atoms with Gasteiger partial charge in [-0.15, -0.1) is 10.2 Å². The van der Waals surface area contributed by atoms with Crippen molar-refractivity contribution in [3.05, 3.63) is 59.7 Å². The molecular formula is C17H22N4O. The molecule has 0 unspecified atom stereocenters. The summed E-state index contributed by atoms with van der Waals surface area (Å²) in [5.41, 5.74) is 2.35. The highest BCUT2D eigenvalue weighted by Gasteiger charge is 2.04. The minimum absolute atomic E-state index is 0.0868. The van der Waals surface area contributed by atoms with Crippen LogP contribution in [0.25, 0.3) is 0 Å². The van der Waals surface area contributed by atoms with Crippen molar-refractivity contribution >= 4 is 5.91 Å². The van der Waals surface area contributed by atoms with Crippen molar-refractivity contribution in [1.82, 2.24) is 20.1 Å². The normalized spacial score (nSPS) is 11.5. The molecule has 5 heteroatoms. The molecule has 1 N–H and O–H groups in total. The smallest absolute Gasteiger partial charge is 0.244 e. The van der Waals surface area contributed by atoms with Crippen molar-refractivity contribution in [3.63, 3.8) is 0 Å². The molecule has 2 rings (SSSR count). The van der Waals surface area contributed by atoms with Gasteiger partial charge in [-0.2, -0.15) is 0 Å². The summed E-state index contributed by atoms with van der Waals surface area (Å²) >= 11 is 0. The number of aryl methyl sites for hydroxylation is 2. The van der Waals surface area contributed by atoms with Crippen LogP contribution in [-0.4, -0.2) is 20.7 Å². The molecule has 0 saturated carbocycles. The second-order valence-electron chi connectivity index (χ2n) is 5.23. The first-order valence-corrected chi connectivity index (χ1v) is 7.54. The molecule has 0 spiro atoms. The third-order valence-electron chi connectivity index (χ3n) is 3.49. The number of hydrogen-bond donors (Lipinski definition) is 1. The van der Waals surface area contributed by atoms with Gasteiger partial charge in [-0.05, 0) is 32.3 Å². The average molecular weight is 298 g/mol. The maximum atomic E-state index is 11.9. The summed E-state index contributed by atoms with van der Waals surface area (Å²) in [6, 6.07) is 10.3. The average Bonchev–Trinajstić information content (AvgIpc) is 2.99. The number of aromatic nitrogens is 3. The Balaban J connectivity index is 1.79. The molecule has 1 amide bonds. The monoisotopic (exact) mass is 298 g/mol. The fourth-order valence-electron chi connectivity index (χ4n) is 2.18. The summed E-state index contributed by atoms with van der Waals surface area (Å²) in [6.07, 6.45) is 5.15. The summed E-state index contributed by atoms with van der Waals surface area (Å²) in [4.78, 5) is 11.9. The van der Waals surface area contributed by atoms with Gasteiger partial charge in [0, 0.05) is 12.6 Å². The van der Waals surface area contributed by atoms with Gasteiger partial charge in [-0.3, -0.25) is 4.79 Å². The molecule has 5 nitrogen and oxygen atoms in total. The number of nitrogens with zero attached hydrogens (tertiary/aromatic N) is 3. The van der Waals surface area contributed by atoms with Crippen LogP contribution in [0.1, 0.15) is 31.7 Å². The molecule has 1 heterocycles. The van der Waals surface area contributed by atoms with E-state index in [0.717, 1.165) is 30.8 Å². The van der Waals surface area contributed by atoms with E-state index < -0.39 is 0 Å². The number of carbonyl (C=O) groups excluding carboxylic acids is 1. The molecule has 0 aliphatic rings. The number of nitrogens with one attached hydrogen (secondary N) is 1. The Hall–Kier alpha value is -2.43. The summed E-state index contributed by atoms with van der Waals surface area (Å²) in [6.45, 7) is 5.19. The van der Waals surface area contributed by atoms with Crippen molar-refractivity contribution < 1.29 is 4.79 Å². The minimum Gasteiger partial charge on any atom is -0.345 e. The number of carbonyl (C=O) groups is 1. The fourth-order valence-corrected chi connectivity index (χ4v) is 2.18. The second-order valence-corrected chi connectivity index (χ2v) is 5.23. The first-order valence-electron chi connectivity index (χ1n) is 7.54. The van der Waals surface area contributed by atoms with Crippen molar-refractivity contribution in [2.45, 2.75) is 39.8 Å². The number of benzene rings is 1. The van der Waals surface area contributed by atoms with Crippen LogP contribution in [0.3, 0.4) is 0 Å². The largest absolute Gasteiger partial charge is 0.345 e. The molecule has 116 valence electrons. The highest BCUT2D eigenvalue weighted by molar-refractivity contribution is 5.88. The van der Waals surface area contributed by atoms with Crippen LogP contribution in [0.2, 0.25) is 0 Å². The molecule has 1 aromatic heterocycles. The Bertz CT molecular complexity index is 631. The fraction of sp³-hybridized carbons (Fsp3) is 0.353. The summed E-state index contributed by atoms with van der Waals surface area (Å²) < 4.78 is 1.91. The maximum absolute atomic E-state index is 11.9. The maximum Gasteiger partial charge on any atom is 0.244 e. The van der Waals surface area contributed by atoms with E-state index in [2.05, 4.69) is 27.6 Å².